The van der Waals surface area contributed by atoms with E-state index in [1.807, 2.05) is 0 Å². The Morgan fingerprint density at radius 1 is 1.37 bits per heavy atom. The molecule has 0 N–H and O–H groups in total. The highest BCUT2D eigenvalue weighted by atomic mass is 35.5. The van der Waals surface area contributed by atoms with Crippen molar-refractivity contribution in [2.24, 2.45) is 0 Å². The van der Waals surface area contributed by atoms with E-state index in [9.17, 15) is 13.2 Å². The topological polar surface area (TPSA) is 54.5 Å². The second-order valence-corrected chi connectivity index (χ2v) is 4.09. The first-order valence-corrected chi connectivity index (χ1v) is 5.41. The van der Waals surface area contributed by atoms with E-state index in [-0.39, 0.29) is 16.4 Å². The highest BCUT2D eigenvalue weighted by molar-refractivity contribution is 6.31. The molecule has 0 aliphatic carbocycles. The summed E-state index contributed by atoms with van der Waals surface area (Å²) < 4.78 is 38.9. The molecule has 0 spiro atoms. The first-order valence-electron chi connectivity index (χ1n) is 5.03. The fraction of sp³-hybridized carbons (Fsp3) is 0.182. The number of hydrogen-bond acceptors (Lipinski definition) is 3. The molecule has 2 heterocycles. The normalized spacial score (nSPS) is 11.4. The molecule has 2 rings (SSSR count). The van der Waals surface area contributed by atoms with Crippen molar-refractivity contribution in [3.63, 3.8) is 0 Å². The predicted octanol–water partition coefficient (Wildman–Crippen LogP) is 3.12. The second kappa shape index (κ2) is 4.55. The first kappa shape index (κ1) is 13.4. The fourth-order valence-electron chi connectivity index (χ4n) is 1.42. The molecule has 0 bridgehead atoms. The van der Waals surface area contributed by atoms with Gasteiger partial charge in [0.25, 0.3) is 0 Å². The van der Waals surface area contributed by atoms with Gasteiger partial charge in [0.05, 0.1) is 22.5 Å². The molecule has 0 saturated heterocycles. The highest BCUT2D eigenvalue weighted by Gasteiger charge is 2.33. The standard InChI is InChI=1S/C11H6ClF3N4/c1-6-8(12)5-19(18-6)10-7(4-16)2-3-9(17-10)11(13,14)15/h2-3,5H,1H3. The Hall–Kier alpha value is -2.07. The van der Waals surface area contributed by atoms with Crippen LogP contribution in [-0.4, -0.2) is 14.8 Å². The molecule has 0 aliphatic heterocycles. The number of rotatable bonds is 1. The molecule has 0 atom stereocenters. The highest BCUT2D eigenvalue weighted by Crippen LogP contribution is 2.29. The Morgan fingerprint density at radius 3 is 2.53 bits per heavy atom. The lowest BCUT2D eigenvalue weighted by atomic mass is 10.2. The molecule has 0 unspecified atom stereocenters. The molecule has 0 amide bonds. The van der Waals surface area contributed by atoms with Gasteiger partial charge in [-0.1, -0.05) is 11.6 Å². The monoisotopic (exact) mass is 286 g/mol. The summed E-state index contributed by atoms with van der Waals surface area (Å²) in [7, 11) is 0. The van der Waals surface area contributed by atoms with E-state index in [0.717, 1.165) is 16.8 Å². The number of pyridine rings is 1. The van der Waals surface area contributed by atoms with Crippen molar-refractivity contribution in [3.8, 4) is 11.9 Å². The number of alkyl halides is 3. The quantitative estimate of drug-likeness (QED) is 0.809. The molecule has 0 aromatic carbocycles. The lowest BCUT2D eigenvalue weighted by molar-refractivity contribution is -0.141. The number of nitriles is 1. The van der Waals surface area contributed by atoms with Gasteiger partial charge in [0, 0.05) is 0 Å². The van der Waals surface area contributed by atoms with Gasteiger partial charge in [0.15, 0.2) is 5.82 Å². The van der Waals surface area contributed by atoms with Gasteiger partial charge in [-0.2, -0.15) is 23.5 Å². The van der Waals surface area contributed by atoms with Crippen molar-refractivity contribution in [2.75, 3.05) is 0 Å². The van der Waals surface area contributed by atoms with Gasteiger partial charge in [0.2, 0.25) is 0 Å². The second-order valence-electron chi connectivity index (χ2n) is 3.68. The number of halogens is 4. The molecule has 2 aromatic rings. The van der Waals surface area contributed by atoms with E-state index in [1.165, 1.54) is 6.20 Å². The zero-order chi connectivity index (χ0) is 14.2. The first-order chi connectivity index (χ1) is 8.82. The Kier molecular flexibility index (Phi) is 3.20. The van der Waals surface area contributed by atoms with Crippen LogP contribution in [0.1, 0.15) is 17.0 Å². The summed E-state index contributed by atoms with van der Waals surface area (Å²) in [5, 5.41) is 13.1. The average Bonchev–Trinajstić information content (AvgIpc) is 2.67. The average molecular weight is 287 g/mol. The molecule has 0 fully saturated rings. The maximum Gasteiger partial charge on any atom is 0.433 e. The van der Waals surface area contributed by atoms with Gasteiger partial charge in [-0.15, -0.1) is 0 Å². The van der Waals surface area contributed by atoms with Crippen LogP contribution in [0.3, 0.4) is 0 Å². The van der Waals surface area contributed by atoms with Gasteiger partial charge < -0.3 is 0 Å². The molecular formula is C11H6ClF3N4. The van der Waals surface area contributed by atoms with Gasteiger partial charge in [-0.3, -0.25) is 0 Å². The Morgan fingerprint density at radius 2 is 2.05 bits per heavy atom. The predicted molar refractivity (Wildman–Crippen MR) is 60.8 cm³/mol. The Bertz CT molecular complexity index is 650. The molecule has 0 aliphatic rings. The summed E-state index contributed by atoms with van der Waals surface area (Å²) in [6.45, 7) is 1.60. The molecule has 4 nitrogen and oxygen atoms in total. The summed E-state index contributed by atoms with van der Waals surface area (Å²) in [6.07, 6.45) is -3.28. The number of aryl methyl sites for hydroxylation is 1. The van der Waals surface area contributed by atoms with Crippen LogP contribution in [0.15, 0.2) is 18.3 Å². The third-order valence-electron chi connectivity index (χ3n) is 2.34. The zero-order valence-corrected chi connectivity index (χ0v) is 10.3. The molecular weight excluding hydrogens is 281 g/mol. The summed E-state index contributed by atoms with van der Waals surface area (Å²) in [5.41, 5.74) is -0.678. The third kappa shape index (κ3) is 2.53. The summed E-state index contributed by atoms with van der Waals surface area (Å²) >= 11 is 5.79. The molecule has 0 radical (unpaired) electrons. The fourth-order valence-corrected chi connectivity index (χ4v) is 1.55. The lowest BCUT2D eigenvalue weighted by Crippen LogP contribution is -2.12. The van der Waals surface area contributed by atoms with Crippen LogP contribution in [-0.2, 0) is 6.18 Å². The van der Waals surface area contributed by atoms with Crippen LogP contribution < -0.4 is 0 Å². The van der Waals surface area contributed by atoms with E-state index < -0.39 is 11.9 Å². The smallest absolute Gasteiger partial charge is 0.223 e. The molecule has 0 saturated carbocycles. The van der Waals surface area contributed by atoms with Gasteiger partial charge >= 0.3 is 6.18 Å². The molecule has 2 aromatic heterocycles. The number of hydrogen-bond donors (Lipinski definition) is 0. The van der Waals surface area contributed by atoms with Crippen molar-refractivity contribution in [1.29, 1.82) is 5.26 Å². The van der Waals surface area contributed by atoms with Crippen molar-refractivity contribution in [3.05, 3.63) is 40.3 Å². The van der Waals surface area contributed by atoms with Crippen LogP contribution in [0, 0.1) is 18.3 Å². The Balaban J connectivity index is 2.64. The summed E-state index contributed by atoms with van der Waals surface area (Å²) in [5.74, 6) is -0.202. The van der Waals surface area contributed by atoms with Crippen molar-refractivity contribution in [2.45, 2.75) is 13.1 Å². The molecule has 8 heteroatoms. The molecule has 98 valence electrons. The SMILES string of the molecule is Cc1nn(-c2nc(C(F)(F)F)ccc2C#N)cc1Cl. The van der Waals surface area contributed by atoms with Crippen molar-refractivity contribution in [1.82, 2.24) is 14.8 Å². The Labute approximate surface area is 111 Å². The maximum atomic E-state index is 12.6. The van der Waals surface area contributed by atoms with Crippen LogP contribution >= 0.6 is 11.6 Å². The van der Waals surface area contributed by atoms with Gasteiger partial charge in [-0.25, -0.2) is 9.67 Å². The van der Waals surface area contributed by atoms with Crippen molar-refractivity contribution >= 4 is 11.6 Å². The third-order valence-corrected chi connectivity index (χ3v) is 2.71. The van der Waals surface area contributed by atoms with E-state index in [0.29, 0.717) is 5.69 Å². The minimum Gasteiger partial charge on any atom is -0.223 e. The van der Waals surface area contributed by atoms with E-state index in [4.69, 9.17) is 16.9 Å². The van der Waals surface area contributed by atoms with Gasteiger partial charge in [0.1, 0.15) is 11.8 Å². The zero-order valence-electron chi connectivity index (χ0n) is 9.53. The number of aromatic nitrogens is 3. The minimum atomic E-state index is -4.59. The maximum absolute atomic E-state index is 12.6. The van der Waals surface area contributed by atoms with Crippen LogP contribution in [0.25, 0.3) is 5.82 Å². The van der Waals surface area contributed by atoms with E-state index in [1.54, 1.807) is 13.0 Å². The van der Waals surface area contributed by atoms with Gasteiger partial charge in [-0.05, 0) is 19.1 Å². The molecule has 19 heavy (non-hydrogen) atoms. The van der Waals surface area contributed by atoms with Crippen molar-refractivity contribution < 1.29 is 13.2 Å². The van der Waals surface area contributed by atoms with Crippen LogP contribution in [0.4, 0.5) is 13.2 Å². The lowest BCUT2D eigenvalue weighted by Gasteiger charge is -2.08. The minimum absolute atomic E-state index is 0.0211. The largest absolute Gasteiger partial charge is 0.433 e. The number of nitrogens with zero attached hydrogens (tertiary/aromatic N) is 4. The van der Waals surface area contributed by atoms with Crippen LogP contribution in [0.5, 0.6) is 0 Å². The summed E-state index contributed by atoms with van der Waals surface area (Å²) in [6, 6.07) is 3.57. The van der Waals surface area contributed by atoms with Crippen LogP contribution in [0.2, 0.25) is 5.02 Å². The summed E-state index contributed by atoms with van der Waals surface area (Å²) in [4.78, 5) is 3.43. The van der Waals surface area contributed by atoms with E-state index in [2.05, 4.69) is 10.1 Å². The van der Waals surface area contributed by atoms with E-state index >= 15 is 0 Å².